The zero-order valence-corrected chi connectivity index (χ0v) is 4.73. The van der Waals surface area contributed by atoms with Gasteiger partial charge in [0.2, 0.25) is 0 Å². The fraction of sp³-hybridized carbons (Fsp3) is 0.333. The van der Waals surface area contributed by atoms with E-state index in [1.807, 2.05) is 5.32 Å². The van der Waals surface area contributed by atoms with Crippen molar-refractivity contribution in [3.05, 3.63) is 0 Å². The van der Waals surface area contributed by atoms with Crippen LogP contribution < -0.4 is 11.1 Å². The quantitative estimate of drug-likeness (QED) is 0.270. The first-order valence-corrected chi connectivity index (χ1v) is 2.35. The Morgan fingerprint density at radius 2 is 2.12 bits per heavy atom. The van der Waals surface area contributed by atoms with Crippen molar-refractivity contribution >= 4 is 23.4 Å². The van der Waals surface area contributed by atoms with Gasteiger partial charge in [-0.3, -0.25) is 9.59 Å². The second-order valence-electron chi connectivity index (χ2n) is 1.00. The molecule has 0 radical (unpaired) electrons. The Balaban J connectivity index is 3.49. The third-order valence-corrected chi connectivity index (χ3v) is 0.585. The molecule has 0 heterocycles. The van der Waals surface area contributed by atoms with E-state index in [9.17, 15) is 9.59 Å². The molecule has 0 bridgehead atoms. The van der Waals surface area contributed by atoms with E-state index in [1.54, 1.807) is 0 Å². The van der Waals surface area contributed by atoms with Crippen molar-refractivity contribution in [3.63, 3.8) is 0 Å². The Hall–Kier alpha value is -0.770. The van der Waals surface area contributed by atoms with Gasteiger partial charge in [-0.15, -0.1) is 11.6 Å². The molecule has 0 unspecified atom stereocenters. The van der Waals surface area contributed by atoms with Crippen LogP contribution in [0.4, 0.5) is 0 Å². The molecule has 0 aliphatic rings. The van der Waals surface area contributed by atoms with Crippen molar-refractivity contribution in [2.75, 3.05) is 6.00 Å². The van der Waals surface area contributed by atoms with Gasteiger partial charge in [0.25, 0.3) is 0 Å². The average molecular weight is 137 g/mol. The number of nitrogens with two attached hydrogens (primary N) is 1. The molecule has 0 aromatic heterocycles. The van der Waals surface area contributed by atoms with E-state index < -0.39 is 11.8 Å². The number of nitrogens with one attached hydrogen (secondary N) is 1. The lowest BCUT2D eigenvalue weighted by Crippen LogP contribution is -2.35. The molecule has 0 rings (SSSR count). The summed E-state index contributed by atoms with van der Waals surface area (Å²) >= 11 is 5.00. The third kappa shape index (κ3) is 2.41. The minimum absolute atomic E-state index is 0.0955. The lowest BCUT2D eigenvalue weighted by atomic mass is 10.6. The second kappa shape index (κ2) is 3.26. The smallest absolute Gasteiger partial charge is 0.310 e. The molecule has 0 saturated carbocycles. The number of alkyl halides is 1. The molecule has 3 N–H and O–H groups in total. The second-order valence-corrected chi connectivity index (χ2v) is 1.27. The summed E-state index contributed by atoms with van der Waals surface area (Å²) in [6.45, 7) is 0. The largest absolute Gasteiger partial charge is 0.361 e. The topological polar surface area (TPSA) is 72.2 Å². The molecule has 0 fully saturated rings. The molecule has 0 spiro atoms. The number of primary amides is 1. The molecule has 46 valence electrons. The molecule has 5 heteroatoms. The van der Waals surface area contributed by atoms with Crippen LogP contribution >= 0.6 is 11.6 Å². The summed E-state index contributed by atoms with van der Waals surface area (Å²) in [4.78, 5) is 19.9. The minimum atomic E-state index is -1.02. The van der Waals surface area contributed by atoms with Gasteiger partial charge in [0.15, 0.2) is 0 Å². The fourth-order valence-electron chi connectivity index (χ4n) is 0.148. The van der Waals surface area contributed by atoms with Gasteiger partial charge in [0, 0.05) is 0 Å². The Labute approximate surface area is 51.0 Å². The first-order chi connectivity index (χ1) is 3.68. The van der Waals surface area contributed by atoms with Gasteiger partial charge >= 0.3 is 11.8 Å². The Kier molecular flexibility index (Phi) is 2.95. The van der Waals surface area contributed by atoms with Crippen LogP contribution in [0.5, 0.6) is 0 Å². The Morgan fingerprint density at radius 3 is 2.25 bits per heavy atom. The molecule has 0 aliphatic heterocycles. The fourth-order valence-corrected chi connectivity index (χ4v) is 0.269. The molecule has 4 nitrogen and oxygen atoms in total. The molecule has 8 heavy (non-hydrogen) atoms. The van der Waals surface area contributed by atoms with E-state index in [2.05, 4.69) is 5.73 Å². The monoisotopic (exact) mass is 136 g/mol. The van der Waals surface area contributed by atoms with Crippen molar-refractivity contribution in [3.8, 4) is 0 Å². The number of carbonyl (C=O) groups is 2. The Morgan fingerprint density at radius 1 is 1.62 bits per heavy atom. The zero-order valence-electron chi connectivity index (χ0n) is 3.98. The van der Waals surface area contributed by atoms with E-state index >= 15 is 0 Å². The highest BCUT2D eigenvalue weighted by Gasteiger charge is 2.04. The van der Waals surface area contributed by atoms with Crippen LogP contribution in [0.15, 0.2) is 0 Å². The predicted molar refractivity (Wildman–Crippen MR) is 28.1 cm³/mol. The van der Waals surface area contributed by atoms with Crippen LogP contribution in [0.25, 0.3) is 0 Å². The summed E-state index contributed by atoms with van der Waals surface area (Å²) in [7, 11) is 0. The summed E-state index contributed by atoms with van der Waals surface area (Å²) in [5.74, 6) is -1.88. The van der Waals surface area contributed by atoms with Crippen molar-refractivity contribution in [1.82, 2.24) is 5.32 Å². The van der Waals surface area contributed by atoms with Crippen LogP contribution in [-0.4, -0.2) is 17.8 Å². The van der Waals surface area contributed by atoms with Gasteiger partial charge in [-0.2, -0.15) is 0 Å². The highest BCUT2D eigenvalue weighted by atomic mass is 35.5. The van der Waals surface area contributed by atoms with Crippen molar-refractivity contribution in [2.45, 2.75) is 0 Å². The van der Waals surface area contributed by atoms with Gasteiger partial charge in [-0.05, 0) is 0 Å². The van der Waals surface area contributed by atoms with E-state index in [1.165, 1.54) is 0 Å². The van der Waals surface area contributed by atoms with Crippen LogP contribution in [0.1, 0.15) is 0 Å². The minimum Gasteiger partial charge on any atom is -0.361 e. The van der Waals surface area contributed by atoms with Gasteiger partial charge in [-0.1, -0.05) is 0 Å². The highest BCUT2D eigenvalue weighted by Crippen LogP contribution is 1.66. The molecule has 0 aliphatic carbocycles. The number of halogens is 1. The standard InChI is InChI=1S/C3H5ClN2O2/c4-1-6-3(8)2(5)7/h1H2,(H2,5,7)(H,6,8). The maximum atomic E-state index is 10.1. The molecule has 0 atom stereocenters. The van der Waals surface area contributed by atoms with Gasteiger partial charge in [-0.25, -0.2) is 0 Å². The number of hydrogen-bond acceptors (Lipinski definition) is 2. The maximum absolute atomic E-state index is 10.1. The van der Waals surface area contributed by atoms with E-state index in [4.69, 9.17) is 11.6 Å². The molecule has 0 aromatic rings. The predicted octanol–water partition coefficient (Wildman–Crippen LogP) is -1.22. The van der Waals surface area contributed by atoms with Crippen LogP contribution in [0.3, 0.4) is 0 Å². The molecule has 2 amide bonds. The average Bonchev–Trinajstić information content (AvgIpc) is 1.67. The van der Waals surface area contributed by atoms with E-state index in [-0.39, 0.29) is 6.00 Å². The summed E-state index contributed by atoms with van der Waals surface area (Å²) in [6, 6.07) is -0.0955. The third-order valence-electron chi connectivity index (χ3n) is 0.451. The number of carbonyl (C=O) groups excluding carboxylic acids is 2. The molecule has 0 aromatic carbocycles. The number of hydrogen-bond donors (Lipinski definition) is 2. The normalized spacial score (nSPS) is 8.12. The van der Waals surface area contributed by atoms with Crippen molar-refractivity contribution in [1.29, 1.82) is 0 Å². The number of amides is 2. The Bertz CT molecular complexity index is 114. The van der Waals surface area contributed by atoms with Crippen molar-refractivity contribution < 1.29 is 9.59 Å². The van der Waals surface area contributed by atoms with E-state index in [0.717, 1.165) is 0 Å². The lowest BCUT2D eigenvalue weighted by molar-refractivity contribution is -0.137. The number of rotatable bonds is 1. The molecular formula is C3H5ClN2O2. The zero-order chi connectivity index (χ0) is 6.57. The van der Waals surface area contributed by atoms with Crippen molar-refractivity contribution in [2.24, 2.45) is 5.73 Å². The van der Waals surface area contributed by atoms with Gasteiger partial charge in [0.05, 0.1) is 6.00 Å². The molecular weight excluding hydrogens is 131 g/mol. The van der Waals surface area contributed by atoms with Crippen LogP contribution in [0, 0.1) is 0 Å². The van der Waals surface area contributed by atoms with Crippen LogP contribution in [-0.2, 0) is 9.59 Å². The van der Waals surface area contributed by atoms with Gasteiger partial charge < -0.3 is 11.1 Å². The SMILES string of the molecule is NC(=O)C(=O)NCCl. The lowest BCUT2D eigenvalue weighted by Gasteiger charge is -1.91. The first-order valence-electron chi connectivity index (χ1n) is 1.82. The van der Waals surface area contributed by atoms with Crippen LogP contribution in [0.2, 0.25) is 0 Å². The van der Waals surface area contributed by atoms with Gasteiger partial charge in [0.1, 0.15) is 0 Å². The highest BCUT2D eigenvalue weighted by molar-refractivity contribution is 6.35. The summed E-state index contributed by atoms with van der Waals surface area (Å²) in [5.41, 5.74) is 4.51. The molecule has 0 saturated heterocycles. The summed E-state index contributed by atoms with van der Waals surface area (Å²) < 4.78 is 0. The summed E-state index contributed by atoms with van der Waals surface area (Å²) in [6.07, 6.45) is 0. The maximum Gasteiger partial charge on any atom is 0.310 e. The first kappa shape index (κ1) is 7.23. The van der Waals surface area contributed by atoms with E-state index in [0.29, 0.717) is 0 Å². The summed E-state index contributed by atoms with van der Waals surface area (Å²) in [5, 5.41) is 2.00.